The molecule has 0 spiro atoms. The molecule has 0 N–H and O–H groups in total. The Morgan fingerprint density at radius 2 is 1.93 bits per heavy atom. The minimum absolute atomic E-state index is 0.0721. The van der Waals surface area contributed by atoms with Crippen LogP contribution >= 0.6 is 11.6 Å². The summed E-state index contributed by atoms with van der Waals surface area (Å²) in [5.74, 6) is 0.160. The number of anilines is 2. The van der Waals surface area contributed by atoms with Crippen LogP contribution in [0.2, 0.25) is 5.02 Å². The predicted octanol–water partition coefficient (Wildman–Crippen LogP) is 4.44. The maximum Gasteiger partial charge on any atom is 0.356 e. The summed E-state index contributed by atoms with van der Waals surface area (Å²) in [6.07, 6.45) is 2.76. The zero-order chi connectivity index (χ0) is 30.3. The number of nitrogens with zero attached hydrogens (tertiary/aromatic N) is 8. The molecule has 1 fully saturated rings. The lowest BCUT2D eigenvalue weighted by atomic mass is 10.1. The number of benzene rings is 1. The summed E-state index contributed by atoms with van der Waals surface area (Å²) in [6.45, 7) is 10.8. The Hall–Kier alpha value is -4.38. The zero-order valence-corrected chi connectivity index (χ0v) is 24.9. The molecule has 1 saturated heterocycles. The molecule has 1 aliphatic heterocycles. The number of carbonyl (C=O) groups is 1. The van der Waals surface area contributed by atoms with Gasteiger partial charge in [-0.3, -0.25) is 4.79 Å². The van der Waals surface area contributed by atoms with E-state index in [4.69, 9.17) is 16.6 Å². The molecule has 0 radical (unpaired) electrons. The third-order valence-corrected chi connectivity index (χ3v) is 7.63. The molecule has 218 valence electrons. The molecule has 42 heavy (non-hydrogen) atoms. The molecule has 10 nitrogen and oxygen atoms in total. The lowest BCUT2D eigenvalue weighted by Gasteiger charge is -2.40. The second-order valence-electron chi connectivity index (χ2n) is 10.7. The van der Waals surface area contributed by atoms with E-state index in [2.05, 4.69) is 21.5 Å². The number of aromatic nitrogens is 5. The maximum absolute atomic E-state index is 15.0. The first-order valence-corrected chi connectivity index (χ1v) is 14.0. The summed E-state index contributed by atoms with van der Waals surface area (Å²) in [5.41, 5.74) is 1.10. The summed E-state index contributed by atoms with van der Waals surface area (Å²) in [6, 6.07) is 7.70. The highest BCUT2D eigenvalue weighted by molar-refractivity contribution is 6.33. The molecule has 0 bridgehead atoms. The summed E-state index contributed by atoms with van der Waals surface area (Å²) < 4.78 is 16.4. The summed E-state index contributed by atoms with van der Waals surface area (Å²) >= 11 is 6.78. The van der Waals surface area contributed by atoms with E-state index >= 15 is 0 Å². The van der Waals surface area contributed by atoms with Crippen LogP contribution in [-0.2, 0) is 4.79 Å². The normalized spacial score (nSPS) is 15.4. The van der Waals surface area contributed by atoms with Gasteiger partial charge in [-0.05, 0) is 37.1 Å². The highest BCUT2D eigenvalue weighted by Gasteiger charge is 2.31. The van der Waals surface area contributed by atoms with E-state index in [9.17, 15) is 14.0 Å². The number of halogens is 2. The van der Waals surface area contributed by atoms with Crippen molar-refractivity contribution in [3.63, 3.8) is 0 Å². The molecule has 5 rings (SSSR count). The molecule has 4 heterocycles. The molecule has 1 amide bonds. The van der Waals surface area contributed by atoms with E-state index in [1.165, 1.54) is 23.0 Å². The van der Waals surface area contributed by atoms with Crippen molar-refractivity contribution >= 4 is 40.2 Å². The number of hydrogen-bond acceptors (Lipinski definition) is 8. The van der Waals surface area contributed by atoms with Crippen LogP contribution < -0.4 is 15.5 Å². The highest BCUT2D eigenvalue weighted by atomic mass is 35.5. The Balaban J connectivity index is 1.84. The van der Waals surface area contributed by atoms with Gasteiger partial charge in [0.05, 0.1) is 21.8 Å². The Labute approximate surface area is 248 Å². The monoisotopic (exact) mass is 590 g/mol. The van der Waals surface area contributed by atoms with Gasteiger partial charge >= 0.3 is 5.69 Å². The Bertz CT molecular complexity index is 1730. The lowest BCUT2D eigenvalue weighted by Crippen LogP contribution is -2.54. The number of fused-ring (bicyclic) bond motifs is 1. The molecular weight excluding hydrogens is 559 g/mol. The van der Waals surface area contributed by atoms with E-state index in [-0.39, 0.29) is 39.8 Å². The fourth-order valence-corrected chi connectivity index (χ4v) is 5.57. The van der Waals surface area contributed by atoms with E-state index in [0.29, 0.717) is 48.0 Å². The summed E-state index contributed by atoms with van der Waals surface area (Å²) in [5, 5.41) is 0.702. The quantitative estimate of drug-likeness (QED) is 0.304. The molecular formula is C30H32ClFN8O2. The van der Waals surface area contributed by atoms with Crippen molar-refractivity contribution < 1.29 is 9.18 Å². The standard InChI is InChI=1S/C30H32ClFN8O2/c1-7-23(41)38-12-13-39(18(4)15-38)27-20-14-21(31)25(19-10-8-9-11-22(19)32)35-28(20)40(30(42)36-27)26-24(17(2)3)33-16-34-29(26)37(5)6/h7-11,14,16-18H,1,12-13,15H2,2-6H3/t18-/m0/s1. The number of pyridine rings is 1. The van der Waals surface area contributed by atoms with Gasteiger partial charge in [-0.2, -0.15) is 4.98 Å². The second-order valence-corrected chi connectivity index (χ2v) is 11.1. The minimum atomic E-state index is -0.594. The van der Waals surface area contributed by atoms with E-state index in [1.807, 2.05) is 39.8 Å². The van der Waals surface area contributed by atoms with Gasteiger partial charge in [0.15, 0.2) is 11.5 Å². The van der Waals surface area contributed by atoms with Gasteiger partial charge < -0.3 is 14.7 Å². The summed E-state index contributed by atoms with van der Waals surface area (Å²) in [7, 11) is 3.65. The van der Waals surface area contributed by atoms with Crippen LogP contribution in [0, 0.1) is 5.82 Å². The largest absolute Gasteiger partial charge is 0.361 e. The molecule has 1 aliphatic rings. The molecule has 0 saturated carbocycles. The first kappa shape index (κ1) is 29.1. The zero-order valence-electron chi connectivity index (χ0n) is 24.2. The fourth-order valence-electron chi connectivity index (χ4n) is 5.32. The van der Waals surface area contributed by atoms with Crippen LogP contribution in [0.15, 0.2) is 54.1 Å². The van der Waals surface area contributed by atoms with Gasteiger partial charge in [0, 0.05) is 45.3 Å². The summed E-state index contributed by atoms with van der Waals surface area (Å²) in [4.78, 5) is 50.3. The van der Waals surface area contributed by atoms with Crippen molar-refractivity contribution in [2.45, 2.75) is 32.7 Å². The highest BCUT2D eigenvalue weighted by Crippen LogP contribution is 2.37. The smallest absolute Gasteiger partial charge is 0.356 e. The molecule has 12 heteroatoms. The van der Waals surface area contributed by atoms with Gasteiger partial charge in [0.1, 0.15) is 23.6 Å². The molecule has 4 aromatic rings. The van der Waals surface area contributed by atoms with E-state index in [0.717, 1.165) is 0 Å². The van der Waals surface area contributed by atoms with Gasteiger partial charge in [-0.1, -0.05) is 44.2 Å². The first-order chi connectivity index (χ1) is 20.0. The SMILES string of the molecule is C=CC(=O)N1CCN(c2nc(=O)n(-c3c(C(C)C)ncnc3N(C)C)c3nc(-c4ccccc4F)c(Cl)cc23)[C@@H](C)C1. The number of amides is 1. The number of rotatable bonds is 6. The van der Waals surface area contributed by atoms with Gasteiger partial charge in [0.25, 0.3) is 0 Å². The van der Waals surface area contributed by atoms with Crippen molar-refractivity contribution in [1.82, 2.24) is 29.4 Å². The molecule has 0 aliphatic carbocycles. The van der Waals surface area contributed by atoms with Crippen molar-refractivity contribution in [2.75, 3.05) is 43.5 Å². The molecule has 3 aromatic heterocycles. The Morgan fingerprint density at radius 3 is 2.57 bits per heavy atom. The second kappa shape index (κ2) is 11.5. The number of carbonyl (C=O) groups excluding carboxylic acids is 1. The Kier molecular flexibility index (Phi) is 7.96. The lowest BCUT2D eigenvalue weighted by molar-refractivity contribution is -0.126. The van der Waals surface area contributed by atoms with Crippen LogP contribution in [-0.4, -0.2) is 75.1 Å². The van der Waals surface area contributed by atoms with E-state index in [1.54, 1.807) is 34.1 Å². The van der Waals surface area contributed by atoms with Gasteiger partial charge in [-0.15, -0.1) is 0 Å². The average Bonchev–Trinajstić information content (AvgIpc) is 2.96. The van der Waals surface area contributed by atoms with Crippen molar-refractivity contribution in [3.8, 4) is 16.9 Å². The van der Waals surface area contributed by atoms with Gasteiger partial charge in [-0.25, -0.2) is 28.7 Å². The topological polar surface area (TPSA) is 100 Å². The van der Waals surface area contributed by atoms with Crippen molar-refractivity contribution in [2.24, 2.45) is 0 Å². The van der Waals surface area contributed by atoms with Crippen LogP contribution in [0.1, 0.15) is 32.4 Å². The number of piperazine rings is 1. The predicted molar refractivity (Wildman–Crippen MR) is 163 cm³/mol. The Morgan fingerprint density at radius 1 is 1.19 bits per heavy atom. The van der Waals surface area contributed by atoms with Crippen LogP contribution in [0.25, 0.3) is 28.0 Å². The van der Waals surface area contributed by atoms with Gasteiger partial charge in [0.2, 0.25) is 5.91 Å². The maximum atomic E-state index is 15.0. The molecule has 1 atom stereocenters. The third kappa shape index (κ3) is 5.09. The van der Waals surface area contributed by atoms with Crippen LogP contribution in [0.4, 0.5) is 16.0 Å². The minimum Gasteiger partial charge on any atom is -0.361 e. The molecule has 1 aromatic carbocycles. The first-order valence-electron chi connectivity index (χ1n) is 13.6. The van der Waals surface area contributed by atoms with E-state index < -0.39 is 11.5 Å². The van der Waals surface area contributed by atoms with Crippen LogP contribution in [0.5, 0.6) is 0 Å². The van der Waals surface area contributed by atoms with Crippen molar-refractivity contribution in [3.05, 3.63) is 76.3 Å². The molecule has 0 unspecified atom stereocenters. The fraction of sp³-hybridized carbons (Fsp3) is 0.333. The van der Waals surface area contributed by atoms with Crippen molar-refractivity contribution in [1.29, 1.82) is 0 Å². The van der Waals surface area contributed by atoms with Crippen LogP contribution in [0.3, 0.4) is 0 Å². The number of hydrogen-bond donors (Lipinski definition) is 0. The average molecular weight is 591 g/mol. The third-order valence-electron chi connectivity index (χ3n) is 7.34.